The molecule has 0 aliphatic heterocycles. The molecule has 1 aromatic carbocycles. The molecule has 0 radical (unpaired) electrons. The number of benzene rings is 1. The summed E-state index contributed by atoms with van der Waals surface area (Å²) in [4.78, 5) is 24.0. The minimum absolute atomic E-state index is 0.191. The van der Waals surface area contributed by atoms with Crippen LogP contribution in [0.25, 0.3) is 11.0 Å². The zero-order chi connectivity index (χ0) is 13.3. The van der Waals surface area contributed by atoms with Gasteiger partial charge in [-0.15, -0.1) is 0 Å². The van der Waals surface area contributed by atoms with Crippen LogP contribution in [0.3, 0.4) is 0 Å². The highest BCUT2D eigenvalue weighted by Crippen LogP contribution is 2.22. The second-order valence-electron chi connectivity index (χ2n) is 4.24. The molecule has 0 saturated heterocycles. The first-order chi connectivity index (χ1) is 8.47. The molecule has 1 aromatic heterocycles. The van der Waals surface area contributed by atoms with Crippen LogP contribution in [-0.4, -0.2) is 25.2 Å². The molecule has 94 valence electrons. The number of nitrogens with zero attached hydrogens (tertiary/aromatic N) is 1. The largest absolute Gasteiger partial charge is 0.481 e. The Morgan fingerprint density at radius 1 is 1.33 bits per heavy atom. The Labute approximate surface area is 103 Å². The SMILES string of the molecule is CN(C)c1ccc2c(CC(=O)O)cc(=O)oc2c1. The van der Waals surface area contributed by atoms with Crippen LogP contribution < -0.4 is 10.5 Å². The standard InChI is InChI=1S/C13H13NO4/c1-14(2)9-3-4-10-8(5-12(15)16)6-13(17)18-11(10)7-9/h3-4,6-7H,5H2,1-2H3,(H,15,16). The van der Waals surface area contributed by atoms with Crippen LogP contribution in [0.4, 0.5) is 5.69 Å². The molecule has 0 spiro atoms. The lowest BCUT2D eigenvalue weighted by Crippen LogP contribution is -2.09. The fourth-order valence-corrected chi connectivity index (χ4v) is 1.81. The van der Waals surface area contributed by atoms with E-state index in [1.165, 1.54) is 6.07 Å². The van der Waals surface area contributed by atoms with E-state index in [2.05, 4.69) is 0 Å². The number of aliphatic carboxylic acids is 1. The molecule has 0 unspecified atom stereocenters. The molecule has 0 saturated carbocycles. The maximum atomic E-state index is 11.4. The molecule has 18 heavy (non-hydrogen) atoms. The first kappa shape index (κ1) is 12.2. The van der Waals surface area contributed by atoms with E-state index < -0.39 is 11.6 Å². The second-order valence-corrected chi connectivity index (χ2v) is 4.24. The average molecular weight is 247 g/mol. The minimum atomic E-state index is -0.974. The van der Waals surface area contributed by atoms with Crippen molar-refractivity contribution in [3.05, 3.63) is 40.2 Å². The lowest BCUT2D eigenvalue weighted by molar-refractivity contribution is -0.136. The van der Waals surface area contributed by atoms with Crippen molar-refractivity contribution < 1.29 is 14.3 Å². The number of fused-ring (bicyclic) bond motifs is 1. The topological polar surface area (TPSA) is 70.8 Å². The van der Waals surface area contributed by atoms with Gasteiger partial charge in [0.1, 0.15) is 5.58 Å². The van der Waals surface area contributed by atoms with Crippen molar-refractivity contribution in [1.29, 1.82) is 0 Å². The molecular weight excluding hydrogens is 234 g/mol. The molecule has 0 amide bonds. The van der Waals surface area contributed by atoms with Gasteiger partial charge in [-0.2, -0.15) is 0 Å². The molecule has 2 rings (SSSR count). The number of hydrogen-bond acceptors (Lipinski definition) is 4. The maximum absolute atomic E-state index is 11.4. The fourth-order valence-electron chi connectivity index (χ4n) is 1.81. The Kier molecular flexibility index (Phi) is 3.06. The second kappa shape index (κ2) is 4.52. The monoisotopic (exact) mass is 247 g/mol. The highest BCUT2D eigenvalue weighted by molar-refractivity contribution is 5.86. The normalized spacial score (nSPS) is 10.6. The third kappa shape index (κ3) is 2.34. The van der Waals surface area contributed by atoms with Gasteiger partial charge in [0.05, 0.1) is 6.42 Å². The number of carboxylic acid groups (broad SMARTS) is 1. The summed E-state index contributed by atoms with van der Waals surface area (Å²) in [6.07, 6.45) is -0.191. The first-order valence-corrected chi connectivity index (χ1v) is 5.43. The molecule has 0 fully saturated rings. The van der Waals surface area contributed by atoms with E-state index in [4.69, 9.17) is 9.52 Å². The maximum Gasteiger partial charge on any atom is 0.336 e. The Morgan fingerprint density at radius 2 is 2.06 bits per heavy atom. The quantitative estimate of drug-likeness (QED) is 0.832. The van der Waals surface area contributed by atoms with Gasteiger partial charge in [-0.05, 0) is 17.7 Å². The van der Waals surface area contributed by atoms with E-state index in [-0.39, 0.29) is 6.42 Å². The molecular formula is C13H13NO4. The van der Waals surface area contributed by atoms with Gasteiger partial charge >= 0.3 is 11.6 Å². The first-order valence-electron chi connectivity index (χ1n) is 5.43. The van der Waals surface area contributed by atoms with Crippen molar-refractivity contribution in [3.8, 4) is 0 Å². The van der Waals surface area contributed by atoms with Crippen molar-refractivity contribution in [3.63, 3.8) is 0 Å². The Hall–Kier alpha value is -2.30. The molecule has 0 bridgehead atoms. The third-order valence-corrected chi connectivity index (χ3v) is 2.67. The number of rotatable bonds is 3. The predicted molar refractivity (Wildman–Crippen MR) is 68.2 cm³/mol. The summed E-state index contributed by atoms with van der Waals surface area (Å²) in [5, 5.41) is 9.47. The smallest absolute Gasteiger partial charge is 0.336 e. The summed E-state index contributed by atoms with van der Waals surface area (Å²) in [7, 11) is 3.75. The number of anilines is 1. The summed E-state index contributed by atoms with van der Waals surface area (Å²) in [6, 6.07) is 6.58. The van der Waals surface area contributed by atoms with Crippen LogP contribution in [0.5, 0.6) is 0 Å². The third-order valence-electron chi connectivity index (χ3n) is 2.67. The van der Waals surface area contributed by atoms with Gasteiger partial charge in [-0.1, -0.05) is 0 Å². The van der Waals surface area contributed by atoms with Crippen LogP contribution >= 0.6 is 0 Å². The lowest BCUT2D eigenvalue weighted by atomic mass is 10.1. The molecule has 0 aliphatic rings. The summed E-state index contributed by atoms with van der Waals surface area (Å²) in [6.45, 7) is 0. The van der Waals surface area contributed by atoms with E-state index in [0.717, 1.165) is 5.69 Å². The van der Waals surface area contributed by atoms with E-state index in [0.29, 0.717) is 16.5 Å². The number of carboxylic acids is 1. The van der Waals surface area contributed by atoms with Crippen LogP contribution in [-0.2, 0) is 11.2 Å². The zero-order valence-electron chi connectivity index (χ0n) is 10.1. The molecule has 2 aromatic rings. The molecule has 5 nitrogen and oxygen atoms in total. The van der Waals surface area contributed by atoms with E-state index in [1.54, 1.807) is 12.1 Å². The Bertz CT molecular complexity index is 658. The average Bonchev–Trinajstić information content (AvgIpc) is 2.26. The summed E-state index contributed by atoms with van der Waals surface area (Å²) < 4.78 is 5.10. The fraction of sp³-hybridized carbons (Fsp3) is 0.231. The van der Waals surface area contributed by atoms with Crippen molar-refractivity contribution in [2.45, 2.75) is 6.42 Å². The predicted octanol–water partition coefficient (Wildman–Crippen LogP) is 1.49. The van der Waals surface area contributed by atoms with Gasteiger partial charge in [-0.25, -0.2) is 4.79 Å². The number of carbonyl (C=O) groups is 1. The van der Waals surface area contributed by atoms with Crippen molar-refractivity contribution in [1.82, 2.24) is 0 Å². The summed E-state index contributed by atoms with van der Waals surface area (Å²) in [5.74, 6) is -0.974. The molecule has 1 heterocycles. The van der Waals surface area contributed by atoms with Gasteiger partial charge in [0, 0.05) is 37.3 Å². The summed E-state index contributed by atoms with van der Waals surface area (Å²) >= 11 is 0. The van der Waals surface area contributed by atoms with Crippen LogP contribution in [0.1, 0.15) is 5.56 Å². The highest BCUT2D eigenvalue weighted by atomic mass is 16.4. The lowest BCUT2D eigenvalue weighted by Gasteiger charge is -2.13. The molecule has 0 atom stereocenters. The van der Waals surface area contributed by atoms with Gasteiger partial charge in [0.25, 0.3) is 0 Å². The van der Waals surface area contributed by atoms with Crippen LogP contribution in [0.2, 0.25) is 0 Å². The van der Waals surface area contributed by atoms with Crippen molar-refractivity contribution >= 4 is 22.6 Å². The van der Waals surface area contributed by atoms with Crippen molar-refractivity contribution in [2.24, 2.45) is 0 Å². The molecule has 0 aliphatic carbocycles. The van der Waals surface area contributed by atoms with Crippen LogP contribution in [0, 0.1) is 0 Å². The Balaban J connectivity index is 2.66. The van der Waals surface area contributed by atoms with Crippen molar-refractivity contribution in [2.75, 3.05) is 19.0 Å². The van der Waals surface area contributed by atoms with Gasteiger partial charge in [0.2, 0.25) is 0 Å². The zero-order valence-corrected chi connectivity index (χ0v) is 10.1. The van der Waals surface area contributed by atoms with Gasteiger partial charge in [-0.3, -0.25) is 4.79 Å². The Morgan fingerprint density at radius 3 is 2.67 bits per heavy atom. The molecule has 1 N–H and O–H groups in total. The molecule has 5 heteroatoms. The van der Waals surface area contributed by atoms with Crippen LogP contribution in [0.15, 0.2) is 33.5 Å². The highest BCUT2D eigenvalue weighted by Gasteiger charge is 2.10. The van der Waals surface area contributed by atoms with E-state index >= 15 is 0 Å². The summed E-state index contributed by atoms with van der Waals surface area (Å²) in [5.41, 5.74) is 1.23. The minimum Gasteiger partial charge on any atom is -0.481 e. The van der Waals surface area contributed by atoms with E-state index in [1.807, 2.05) is 25.1 Å². The number of hydrogen-bond donors (Lipinski definition) is 1. The van der Waals surface area contributed by atoms with Gasteiger partial charge < -0.3 is 14.4 Å². The van der Waals surface area contributed by atoms with Gasteiger partial charge in [0.15, 0.2) is 0 Å². The van der Waals surface area contributed by atoms with E-state index in [9.17, 15) is 9.59 Å².